The first-order valence-corrected chi connectivity index (χ1v) is 6.85. The molecule has 0 saturated heterocycles. The van der Waals surface area contributed by atoms with Gasteiger partial charge in [-0.25, -0.2) is 0 Å². The van der Waals surface area contributed by atoms with Crippen LogP contribution in [0, 0.1) is 10.1 Å². The number of rotatable bonds is 5. The first-order chi connectivity index (χ1) is 10.9. The first kappa shape index (κ1) is 16.2. The minimum Gasteiger partial charge on any atom is -0.326 e. The van der Waals surface area contributed by atoms with Crippen molar-refractivity contribution in [1.29, 1.82) is 0 Å². The molecule has 0 aliphatic heterocycles. The predicted molar refractivity (Wildman–Crippen MR) is 86.2 cm³/mol. The molecule has 0 radical (unpaired) electrons. The van der Waals surface area contributed by atoms with Gasteiger partial charge in [0.05, 0.1) is 11.3 Å². The monoisotopic (exact) mass is 313 g/mol. The number of nitrogens with zero attached hydrogens (tertiary/aromatic N) is 1. The summed E-state index contributed by atoms with van der Waals surface area (Å²) in [6.45, 7) is 1.42. The largest absolute Gasteiger partial charge is 0.326 e. The van der Waals surface area contributed by atoms with E-state index in [9.17, 15) is 19.7 Å². The van der Waals surface area contributed by atoms with Crippen LogP contribution in [0.3, 0.4) is 0 Å². The summed E-state index contributed by atoms with van der Waals surface area (Å²) in [7, 11) is 0. The topological polar surface area (TPSA) is 101 Å². The number of carbonyl (C=O) groups is 2. The molecule has 0 aliphatic carbocycles. The predicted octanol–water partition coefficient (Wildman–Crippen LogP) is 2.73. The van der Waals surface area contributed by atoms with Crippen molar-refractivity contribution in [2.45, 2.75) is 13.3 Å². The van der Waals surface area contributed by atoms with Crippen LogP contribution in [0.1, 0.15) is 12.5 Å². The Morgan fingerprint density at radius 2 is 1.48 bits per heavy atom. The molecule has 0 aromatic heterocycles. The molecule has 0 atom stereocenters. The Morgan fingerprint density at radius 1 is 0.957 bits per heavy atom. The Kier molecular flexibility index (Phi) is 5.03. The lowest BCUT2D eigenvalue weighted by Gasteiger charge is -2.07. The van der Waals surface area contributed by atoms with Gasteiger partial charge in [-0.3, -0.25) is 19.7 Å². The molecule has 0 bridgehead atoms. The molecule has 2 aromatic carbocycles. The van der Waals surface area contributed by atoms with Gasteiger partial charge in [0.1, 0.15) is 0 Å². The third-order valence-electron chi connectivity index (χ3n) is 3.00. The second-order valence-corrected chi connectivity index (χ2v) is 4.91. The van der Waals surface area contributed by atoms with Crippen LogP contribution < -0.4 is 10.6 Å². The highest BCUT2D eigenvalue weighted by Crippen LogP contribution is 2.15. The van der Waals surface area contributed by atoms with E-state index in [1.807, 2.05) is 0 Å². The molecule has 23 heavy (non-hydrogen) atoms. The second-order valence-electron chi connectivity index (χ2n) is 4.91. The Hall–Kier alpha value is -3.22. The standard InChI is InChI=1S/C16H15N3O4/c1-11(20)17-13-4-6-14(7-5-13)18-16(21)10-12-2-8-15(9-3-12)19(22)23/h2-9H,10H2,1H3,(H,17,20)(H,18,21). The maximum absolute atomic E-state index is 11.9. The van der Waals surface area contributed by atoms with Crippen LogP contribution in [0.15, 0.2) is 48.5 Å². The van der Waals surface area contributed by atoms with Crippen molar-refractivity contribution in [2.24, 2.45) is 0 Å². The zero-order valence-corrected chi connectivity index (χ0v) is 12.4. The van der Waals surface area contributed by atoms with Crippen molar-refractivity contribution < 1.29 is 14.5 Å². The van der Waals surface area contributed by atoms with Crippen molar-refractivity contribution in [1.82, 2.24) is 0 Å². The summed E-state index contributed by atoms with van der Waals surface area (Å²) in [5.41, 5.74) is 1.92. The number of nitro benzene ring substituents is 1. The number of amides is 2. The molecule has 0 heterocycles. The molecule has 0 fully saturated rings. The van der Waals surface area contributed by atoms with Gasteiger partial charge in [0, 0.05) is 30.4 Å². The average molecular weight is 313 g/mol. The fourth-order valence-electron chi connectivity index (χ4n) is 1.97. The summed E-state index contributed by atoms with van der Waals surface area (Å²) in [4.78, 5) is 33.0. The number of hydrogen-bond donors (Lipinski definition) is 2. The van der Waals surface area contributed by atoms with Crippen LogP contribution in [0.4, 0.5) is 17.1 Å². The lowest BCUT2D eigenvalue weighted by atomic mass is 10.1. The summed E-state index contributed by atoms with van der Waals surface area (Å²) in [5, 5.41) is 15.9. The van der Waals surface area contributed by atoms with Gasteiger partial charge in [-0.05, 0) is 29.8 Å². The Balaban J connectivity index is 1.93. The molecule has 0 unspecified atom stereocenters. The van der Waals surface area contributed by atoms with E-state index < -0.39 is 4.92 Å². The van der Waals surface area contributed by atoms with Crippen molar-refractivity contribution in [2.75, 3.05) is 10.6 Å². The van der Waals surface area contributed by atoms with Crippen LogP contribution in [0.2, 0.25) is 0 Å². The normalized spacial score (nSPS) is 9.96. The third kappa shape index (κ3) is 4.92. The summed E-state index contributed by atoms with van der Waals surface area (Å²) >= 11 is 0. The van der Waals surface area contributed by atoms with E-state index in [4.69, 9.17) is 0 Å². The second kappa shape index (κ2) is 7.17. The van der Waals surface area contributed by atoms with Gasteiger partial charge in [0.15, 0.2) is 0 Å². The SMILES string of the molecule is CC(=O)Nc1ccc(NC(=O)Cc2ccc([N+](=O)[O-])cc2)cc1. The molecule has 2 N–H and O–H groups in total. The maximum Gasteiger partial charge on any atom is 0.269 e. The minimum absolute atomic E-state index is 0.0114. The Morgan fingerprint density at radius 3 is 1.96 bits per heavy atom. The Bertz CT molecular complexity index is 724. The molecule has 2 amide bonds. The summed E-state index contributed by atoms with van der Waals surface area (Å²) < 4.78 is 0. The van der Waals surface area contributed by atoms with Crippen molar-refractivity contribution in [3.63, 3.8) is 0 Å². The lowest BCUT2D eigenvalue weighted by molar-refractivity contribution is -0.384. The van der Waals surface area contributed by atoms with Crippen LogP contribution >= 0.6 is 0 Å². The number of non-ortho nitro benzene ring substituents is 1. The van der Waals surface area contributed by atoms with E-state index in [-0.39, 0.29) is 23.9 Å². The molecule has 2 rings (SSSR count). The molecule has 118 valence electrons. The molecule has 7 heteroatoms. The molecule has 0 aliphatic rings. The number of nitro groups is 1. The Labute approximate surface area is 132 Å². The van der Waals surface area contributed by atoms with Gasteiger partial charge in [-0.2, -0.15) is 0 Å². The van der Waals surface area contributed by atoms with Crippen LogP contribution in [0.25, 0.3) is 0 Å². The average Bonchev–Trinajstić information content (AvgIpc) is 2.49. The van der Waals surface area contributed by atoms with Gasteiger partial charge < -0.3 is 10.6 Å². The highest BCUT2D eigenvalue weighted by atomic mass is 16.6. The molecular formula is C16H15N3O4. The highest BCUT2D eigenvalue weighted by molar-refractivity contribution is 5.93. The van der Waals surface area contributed by atoms with Crippen LogP contribution in [-0.4, -0.2) is 16.7 Å². The smallest absolute Gasteiger partial charge is 0.269 e. The zero-order valence-electron chi connectivity index (χ0n) is 12.4. The molecule has 0 spiro atoms. The van der Waals surface area contributed by atoms with E-state index in [1.54, 1.807) is 36.4 Å². The fraction of sp³-hybridized carbons (Fsp3) is 0.125. The van der Waals surface area contributed by atoms with E-state index in [0.717, 1.165) is 0 Å². The first-order valence-electron chi connectivity index (χ1n) is 6.85. The zero-order chi connectivity index (χ0) is 16.8. The number of benzene rings is 2. The third-order valence-corrected chi connectivity index (χ3v) is 3.00. The lowest BCUT2D eigenvalue weighted by Crippen LogP contribution is -2.14. The quantitative estimate of drug-likeness (QED) is 0.654. The van der Waals surface area contributed by atoms with E-state index in [2.05, 4.69) is 10.6 Å². The summed E-state index contributed by atoms with van der Waals surface area (Å²) in [6.07, 6.45) is 0.117. The van der Waals surface area contributed by atoms with Gasteiger partial charge in [0.25, 0.3) is 5.69 Å². The van der Waals surface area contributed by atoms with Crippen LogP contribution in [0.5, 0.6) is 0 Å². The van der Waals surface area contributed by atoms with Gasteiger partial charge in [0.2, 0.25) is 11.8 Å². The van der Waals surface area contributed by atoms with E-state index in [1.165, 1.54) is 19.1 Å². The number of hydrogen-bond acceptors (Lipinski definition) is 4. The fourth-order valence-corrected chi connectivity index (χ4v) is 1.97. The highest BCUT2D eigenvalue weighted by Gasteiger charge is 2.08. The number of anilines is 2. The van der Waals surface area contributed by atoms with Crippen molar-refractivity contribution >= 4 is 28.9 Å². The summed E-state index contributed by atoms with van der Waals surface area (Å²) in [5.74, 6) is -0.397. The minimum atomic E-state index is -0.486. The summed E-state index contributed by atoms with van der Waals surface area (Å²) in [6, 6.07) is 12.6. The number of nitrogens with one attached hydrogen (secondary N) is 2. The van der Waals surface area contributed by atoms with Gasteiger partial charge >= 0.3 is 0 Å². The van der Waals surface area contributed by atoms with Gasteiger partial charge in [-0.1, -0.05) is 12.1 Å². The van der Waals surface area contributed by atoms with E-state index in [0.29, 0.717) is 16.9 Å². The van der Waals surface area contributed by atoms with Gasteiger partial charge in [-0.15, -0.1) is 0 Å². The molecule has 0 saturated carbocycles. The van der Waals surface area contributed by atoms with E-state index >= 15 is 0 Å². The molecule has 7 nitrogen and oxygen atoms in total. The molecular weight excluding hydrogens is 298 g/mol. The molecule has 2 aromatic rings. The van der Waals surface area contributed by atoms with Crippen molar-refractivity contribution in [3.8, 4) is 0 Å². The van der Waals surface area contributed by atoms with Crippen molar-refractivity contribution in [3.05, 3.63) is 64.2 Å². The number of carbonyl (C=O) groups excluding carboxylic acids is 2. The maximum atomic E-state index is 11.9. The van der Waals surface area contributed by atoms with Crippen LogP contribution in [-0.2, 0) is 16.0 Å².